The highest BCUT2D eigenvalue weighted by Gasteiger charge is 2.64. The minimum atomic E-state index is -2.50. The summed E-state index contributed by atoms with van der Waals surface area (Å²) in [5.74, 6) is -4.97. The number of halogens is 1. The zero-order valence-electron chi connectivity index (χ0n) is 27.5. The summed E-state index contributed by atoms with van der Waals surface area (Å²) < 4.78 is 33.4. The van der Waals surface area contributed by atoms with Gasteiger partial charge in [0, 0.05) is 29.7 Å². The molecule has 1 aromatic carbocycles. The van der Waals surface area contributed by atoms with Gasteiger partial charge >= 0.3 is 0 Å². The zero-order chi connectivity index (χ0) is 33.8. The van der Waals surface area contributed by atoms with Crippen molar-refractivity contribution in [1.82, 2.24) is 15.0 Å². The number of hydrogen-bond acceptors (Lipinski definition) is 11. The van der Waals surface area contributed by atoms with Crippen molar-refractivity contribution in [3.63, 3.8) is 0 Å². The van der Waals surface area contributed by atoms with Gasteiger partial charge in [-0.25, -0.2) is 4.39 Å². The van der Waals surface area contributed by atoms with E-state index in [4.69, 9.17) is 14.0 Å². The number of aliphatic hydroxyl groups is 2. The van der Waals surface area contributed by atoms with Gasteiger partial charge in [-0.05, 0) is 64.3 Å². The van der Waals surface area contributed by atoms with Crippen LogP contribution in [0.25, 0.3) is 0 Å². The summed E-state index contributed by atoms with van der Waals surface area (Å²) in [6, 6.07) is 0.0728. The van der Waals surface area contributed by atoms with Crippen LogP contribution in [0.3, 0.4) is 0 Å². The number of aromatic nitrogens is 1. The first-order valence-electron chi connectivity index (χ1n) is 16.5. The molecule has 1 aliphatic heterocycles. The zero-order valence-corrected chi connectivity index (χ0v) is 27.5. The number of nitrogens with zero attached hydrogens (tertiary/aromatic N) is 3. The standard InChI is InChI=1S/C34H43FN4O8/c1-6-8-12-45-28-21(36-32(43)22-10-11-39(22)5)16-20(35)18-14-17-15-19-26(38(3)4)29-25(33(37-47-29)46-13-9-7-2)31(42)34(19,44)30(41)23(17)27(40)24(18)28/h16-17,19,22,26,41,44H,6-15H2,1-5H3,(H,36,43)/t17-,19-,22-,26-,34-/m0/s1. The monoisotopic (exact) mass is 654 g/mol. The molecule has 1 amide bonds. The first-order valence-corrected chi connectivity index (χ1v) is 16.5. The second-order valence-corrected chi connectivity index (χ2v) is 13.3. The maximum absolute atomic E-state index is 16.0. The Kier molecular flexibility index (Phi) is 8.92. The lowest BCUT2D eigenvalue weighted by Gasteiger charge is -2.49. The number of ketones is 2. The van der Waals surface area contributed by atoms with E-state index in [0.717, 1.165) is 19.4 Å². The van der Waals surface area contributed by atoms with Crippen LogP contribution in [0.4, 0.5) is 10.1 Å². The number of Topliss-reactive ketones (excluding diaryl/α,β-unsaturated/α-hetero) is 2. The molecule has 0 bridgehead atoms. The second kappa shape index (κ2) is 12.7. The SMILES string of the molecule is CCCCOc1noc2c1C(=O)[C@@]1(O)C(O)=C3C(=O)c4c(c(F)cc(NC(=O)[C@@H]5CCN5C)c4OCCCC)C[C@H]3C[C@H]1[C@@H]2N(C)C. The highest BCUT2D eigenvalue weighted by Crippen LogP contribution is 2.57. The minimum absolute atomic E-state index is 0.00554. The number of fused-ring (bicyclic) bond motifs is 4. The summed E-state index contributed by atoms with van der Waals surface area (Å²) in [7, 11) is 5.31. The third kappa shape index (κ3) is 5.23. The van der Waals surface area contributed by atoms with Gasteiger partial charge in [0.2, 0.25) is 11.7 Å². The van der Waals surface area contributed by atoms with E-state index in [1.165, 1.54) is 6.07 Å². The number of aliphatic hydroxyl groups excluding tert-OH is 1. The number of amides is 1. The molecule has 3 N–H and O–H groups in total. The van der Waals surface area contributed by atoms with Crippen molar-refractivity contribution < 1.29 is 43.0 Å². The van der Waals surface area contributed by atoms with Crippen LogP contribution >= 0.6 is 0 Å². The first-order chi connectivity index (χ1) is 22.4. The molecule has 13 heteroatoms. The number of likely N-dealkylation sites (N-methyl/N-ethyl adjacent to an activating group) is 1. The van der Waals surface area contributed by atoms with E-state index >= 15 is 4.39 Å². The first kappa shape index (κ1) is 33.1. The third-order valence-electron chi connectivity index (χ3n) is 10.1. The van der Waals surface area contributed by atoms with Crippen LogP contribution < -0.4 is 14.8 Å². The average molecular weight is 655 g/mol. The van der Waals surface area contributed by atoms with Crippen LogP contribution in [0.2, 0.25) is 0 Å². The molecule has 1 fully saturated rings. The number of likely N-dealkylation sites (tertiary alicyclic amines) is 1. The number of carbonyl (C=O) groups is 3. The Morgan fingerprint density at radius 1 is 1.19 bits per heavy atom. The van der Waals surface area contributed by atoms with Crippen molar-refractivity contribution in [3.05, 3.63) is 45.7 Å². The fourth-order valence-corrected chi connectivity index (χ4v) is 7.47. The average Bonchev–Trinajstić information content (AvgIpc) is 3.43. The number of rotatable bonds is 11. The number of anilines is 1. The number of benzene rings is 1. The maximum Gasteiger partial charge on any atom is 0.265 e. The Hall–Kier alpha value is -3.81. The van der Waals surface area contributed by atoms with E-state index in [9.17, 15) is 24.6 Å². The molecule has 4 aliphatic rings. The van der Waals surface area contributed by atoms with Gasteiger partial charge in [-0.3, -0.25) is 24.2 Å². The lowest BCUT2D eigenvalue weighted by Crippen LogP contribution is -2.59. The Morgan fingerprint density at radius 3 is 2.51 bits per heavy atom. The van der Waals surface area contributed by atoms with Crippen molar-refractivity contribution in [1.29, 1.82) is 0 Å². The lowest BCUT2D eigenvalue weighted by atomic mass is 9.58. The second-order valence-electron chi connectivity index (χ2n) is 13.3. The number of unbranched alkanes of at least 4 members (excludes halogenated alkanes) is 2. The molecule has 12 nitrogen and oxygen atoms in total. The van der Waals surface area contributed by atoms with Crippen molar-refractivity contribution in [2.45, 2.75) is 76.5 Å². The number of carbonyl (C=O) groups excluding carboxylic acids is 3. The van der Waals surface area contributed by atoms with Crippen molar-refractivity contribution in [2.75, 3.05) is 46.2 Å². The molecule has 2 aromatic rings. The van der Waals surface area contributed by atoms with Gasteiger partial charge in [0.15, 0.2) is 22.9 Å². The van der Waals surface area contributed by atoms with Crippen molar-refractivity contribution in [3.8, 4) is 11.6 Å². The maximum atomic E-state index is 16.0. The Morgan fingerprint density at radius 2 is 1.89 bits per heavy atom. The van der Waals surface area contributed by atoms with Crippen LogP contribution in [0.15, 0.2) is 21.9 Å². The van der Waals surface area contributed by atoms with Crippen LogP contribution in [-0.4, -0.2) is 95.2 Å². The molecule has 47 heavy (non-hydrogen) atoms. The van der Waals surface area contributed by atoms with Crippen LogP contribution in [0.1, 0.15) is 90.5 Å². The smallest absolute Gasteiger partial charge is 0.265 e. The third-order valence-corrected chi connectivity index (χ3v) is 10.1. The van der Waals surface area contributed by atoms with Crippen LogP contribution in [0.5, 0.6) is 11.6 Å². The number of allylic oxidation sites excluding steroid dienone is 1. The number of nitrogens with one attached hydrogen (secondary N) is 1. The topological polar surface area (TPSA) is 155 Å². The highest BCUT2D eigenvalue weighted by atomic mass is 19.1. The predicted molar refractivity (Wildman–Crippen MR) is 168 cm³/mol. The van der Waals surface area contributed by atoms with E-state index in [2.05, 4.69) is 10.5 Å². The van der Waals surface area contributed by atoms with Crippen LogP contribution in [0, 0.1) is 17.7 Å². The fourth-order valence-electron chi connectivity index (χ4n) is 7.47. The van der Waals surface area contributed by atoms with Gasteiger partial charge in [-0.15, -0.1) is 0 Å². The molecular weight excluding hydrogens is 611 g/mol. The molecule has 2 heterocycles. The van der Waals surface area contributed by atoms with Gasteiger partial charge in [-0.1, -0.05) is 26.7 Å². The van der Waals surface area contributed by atoms with Crippen LogP contribution in [-0.2, 0) is 11.2 Å². The van der Waals surface area contributed by atoms with E-state index in [1.807, 2.05) is 25.8 Å². The molecule has 0 spiro atoms. The van der Waals surface area contributed by atoms with E-state index in [-0.39, 0.29) is 77.3 Å². The summed E-state index contributed by atoms with van der Waals surface area (Å²) in [5.41, 5.74) is -2.75. The summed E-state index contributed by atoms with van der Waals surface area (Å²) in [6.45, 7) is 5.18. The normalized spacial score (nSPS) is 26.7. The predicted octanol–water partition coefficient (Wildman–Crippen LogP) is 4.23. The van der Waals surface area contributed by atoms with Crippen molar-refractivity contribution in [2.24, 2.45) is 11.8 Å². The molecule has 254 valence electrons. The van der Waals surface area contributed by atoms with Gasteiger partial charge in [0.05, 0.1) is 36.5 Å². The number of ether oxygens (including phenoxy) is 2. The summed E-state index contributed by atoms with van der Waals surface area (Å²) in [6.07, 6.45) is 3.69. The van der Waals surface area contributed by atoms with Gasteiger partial charge < -0.3 is 29.5 Å². The van der Waals surface area contributed by atoms with Gasteiger partial charge in [-0.2, -0.15) is 0 Å². The largest absolute Gasteiger partial charge is 0.508 e. The van der Waals surface area contributed by atoms with Gasteiger partial charge in [0.25, 0.3) is 5.88 Å². The molecular formula is C34H43FN4O8. The van der Waals surface area contributed by atoms with E-state index < -0.39 is 52.7 Å². The summed E-state index contributed by atoms with van der Waals surface area (Å²) in [5, 5.41) is 30.9. The quantitative estimate of drug-likeness (QED) is 0.298. The molecule has 0 saturated carbocycles. The Balaban J connectivity index is 1.46. The molecule has 0 unspecified atom stereocenters. The molecule has 3 aliphatic carbocycles. The summed E-state index contributed by atoms with van der Waals surface area (Å²) in [4.78, 5) is 45.4. The van der Waals surface area contributed by atoms with Crippen molar-refractivity contribution >= 4 is 23.2 Å². The lowest BCUT2D eigenvalue weighted by molar-refractivity contribution is -0.124. The molecule has 0 radical (unpaired) electrons. The minimum Gasteiger partial charge on any atom is -0.508 e. The summed E-state index contributed by atoms with van der Waals surface area (Å²) >= 11 is 0. The Bertz CT molecular complexity index is 1640. The molecule has 1 aromatic heterocycles. The molecule has 5 atom stereocenters. The molecule has 1 saturated heterocycles. The number of hydrogen-bond donors (Lipinski definition) is 3. The van der Waals surface area contributed by atoms with E-state index in [0.29, 0.717) is 19.3 Å². The van der Waals surface area contributed by atoms with Gasteiger partial charge in [0.1, 0.15) is 17.1 Å². The fraction of sp³-hybridized carbons (Fsp3) is 0.588. The highest BCUT2D eigenvalue weighted by molar-refractivity contribution is 6.17. The van der Waals surface area contributed by atoms with E-state index in [1.54, 1.807) is 19.0 Å². The molecule has 6 rings (SSSR count). The Labute approximate surface area is 272 Å².